The van der Waals surface area contributed by atoms with Crippen LogP contribution < -0.4 is 15.6 Å². The summed E-state index contributed by atoms with van der Waals surface area (Å²) in [5, 5.41) is 6.89. The first-order chi connectivity index (χ1) is 19.5. The van der Waals surface area contributed by atoms with E-state index in [1.54, 1.807) is 16.8 Å². The summed E-state index contributed by atoms with van der Waals surface area (Å²) >= 11 is 0. The first-order valence-corrected chi connectivity index (χ1v) is 12.8. The summed E-state index contributed by atoms with van der Waals surface area (Å²) in [6.07, 6.45) is 6.85. The number of pyridine rings is 2. The fourth-order valence-corrected chi connectivity index (χ4v) is 4.80. The van der Waals surface area contributed by atoms with E-state index >= 15 is 4.39 Å². The number of fused-ring (bicyclic) bond motifs is 1. The van der Waals surface area contributed by atoms with Gasteiger partial charge in [0.2, 0.25) is 0 Å². The zero-order chi connectivity index (χ0) is 27.6. The Morgan fingerprint density at radius 2 is 1.80 bits per heavy atom. The smallest absolute Gasteiger partial charge is 0.267 e. The van der Waals surface area contributed by atoms with Gasteiger partial charge in [0, 0.05) is 43.0 Å². The van der Waals surface area contributed by atoms with Crippen molar-refractivity contribution >= 4 is 17.1 Å². The Hall–Kier alpha value is -4.83. The van der Waals surface area contributed by atoms with Crippen molar-refractivity contribution < 1.29 is 23.0 Å². The molecule has 1 amide bonds. The second-order valence-electron chi connectivity index (χ2n) is 9.46. The molecule has 5 aromatic rings. The van der Waals surface area contributed by atoms with E-state index in [1.807, 2.05) is 12.3 Å². The number of amides is 1. The van der Waals surface area contributed by atoms with Crippen molar-refractivity contribution in [3.05, 3.63) is 118 Å². The number of anilines is 1. The number of hydrogen-bond acceptors (Lipinski definition) is 5. The number of benzene rings is 2. The van der Waals surface area contributed by atoms with Crippen LogP contribution in [0, 0.1) is 11.6 Å². The van der Waals surface area contributed by atoms with Crippen molar-refractivity contribution in [1.29, 1.82) is 0 Å². The molecular formula is C30H24F2N4O4. The average molecular weight is 543 g/mol. The van der Waals surface area contributed by atoms with E-state index in [0.717, 1.165) is 24.5 Å². The summed E-state index contributed by atoms with van der Waals surface area (Å²) in [5.74, 6) is -1.12. The first-order valence-electron chi connectivity index (χ1n) is 12.8. The van der Waals surface area contributed by atoms with Gasteiger partial charge in [0.05, 0.1) is 6.20 Å². The van der Waals surface area contributed by atoms with Crippen LogP contribution in [-0.2, 0) is 4.74 Å². The van der Waals surface area contributed by atoms with Gasteiger partial charge in [-0.3, -0.25) is 14.2 Å². The molecule has 3 aromatic heterocycles. The number of rotatable bonds is 6. The van der Waals surface area contributed by atoms with E-state index in [0.29, 0.717) is 30.2 Å². The number of nitrogens with zero attached hydrogens (tertiary/aromatic N) is 3. The van der Waals surface area contributed by atoms with Crippen LogP contribution in [0.1, 0.15) is 34.7 Å². The topological polar surface area (TPSA) is 86.9 Å². The third-order valence-electron chi connectivity index (χ3n) is 6.89. The maximum Gasteiger partial charge on any atom is 0.267 e. The number of carbonyl (C=O) groups is 1. The first kappa shape index (κ1) is 25.4. The Balaban J connectivity index is 1.22. The number of carbonyl (C=O) groups excluding carboxylic acids is 1. The molecule has 4 heterocycles. The molecule has 1 saturated heterocycles. The van der Waals surface area contributed by atoms with Gasteiger partial charge in [0.15, 0.2) is 17.3 Å². The van der Waals surface area contributed by atoms with Crippen LogP contribution in [0.15, 0.2) is 90.1 Å². The largest absolute Gasteiger partial charge is 0.452 e. The number of ether oxygens (including phenoxy) is 2. The van der Waals surface area contributed by atoms with Crippen LogP contribution in [0.5, 0.6) is 11.5 Å². The van der Waals surface area contributed by atoms with Crippen molar-refractivity contribution in [2.24, 2.45) is 0 Å². The molecule has 0 saturated carbocycles. The van der Waals surface area contributed by atoms with Gasteiger partial charge in [0.25, 0.3) is 11.5 Å². The lowest BCUT2D eigenvalue weighted by molar-refractivity contribution is 0.0852. The zero-order valence-electron chi connectivity index (χ0n) is 21.2. The minimum Gasteiger partial charge on any atom is -0.452 e. The Morgan fingerprint density at radius 1 is 1.00 bits per heavy atom. The van der Waals surface area contributed by atoms with Gasteiger partial charge in [-0.25, -0.2) is 13.3 Å². The molecule has 40 heavy (non-hydrogen) atoms. The molecule has 1 aliphatic rings. The molecule has 0 bridgehead atoms. The molecule has 2 aromatic carbocycles. The molecule has 0 atom stereocenters. The number of nitrogens with one attached hydrogen (secondary N) is 1. The maximum atomic E-state index is 15.2. The lowest BCUT2D eigenvalue weighted by Crippen LogP contribution is -2.27. The van der Waals surface area contributed by atoms with Gasteiger partial charge in [-0.05, 0) is 85.0 Å². The normalized spacial score (nSPS) is 13.8. The van der Waals surface area contributed by atoms with Crippen LogP contribution in [0.3, 0.4) is 0 Å². The van der Waals surface area contributed by atoms with Crippen molar-refractivity contribution in [2.75, 3.05) is 18.5 Å². The second kappa shape index (κ2) is 10.7. The highest BCUT2D eigenvalue weighted by Crippen LogP contribution is 2.34. The number of halogens is 2. The highest BCUT2D eigenvalue weighted by atomic mass is 19.1. The summed E-state index contributed by atoms with van der Waals surface area (Å²) < 4.78 is 42.9. The molecule has 1 aliphatic heterocycles. The number of hydrogen-bond donors (Lipinski definition) is 1. The predicted octanol–water partition coefficient (Wildman–Crippen LogP) is 5.70. The van der Waals surface area contributed by atoms with Crippen LogP contribution in [0.4, 0.5) is 14.5 Å². The van der Waals surface area contributed by atoms with E-state index in [2.05, 4.69) is 10.4 Å². The molecule has 1 fully saturated rings. The molecule has 8 nitrogen and oxygen atoms in total. The molecule has 1 N–H and O–H groups in total. The Morgan fingerprint density at radius 3 is 2.58 bits per heavy atom. The van der Waals surface area contributed by atoms with Gasteiger partial charge in [-0.1, -0.05) is 0 Å². The molecule has 0 radical (unpaired) electrons. The highest BCUT2D eigenvalue weighted by molar-refractivity contribution is 6.04. The Kier molecular flexibility index (Phi) is 6.83. The van der Waals surface area contributed by atoms with E-state index in [9.17, 15) is 14.0 Å². The lowest BCUT2D eigenvalue weighted by atomic mass is 9.93. The molecule has 0 unspecified atom stereocenters. The van der Waals surface area contributed by atoms with E-state index in [-0.39, 0.29) is 22.9 Å². The molecule has 202 valence electrons. The monoisotopic (exact) mass is 542 g/mol. The van der Waals surface area contributed by atoms with Crippen molar-refractivity contribution in [1.82, 2.24) is 14.2 Å². The standard InChI is InChI=1S/C30H24F2N4O4/c31-21-3-6-23(7-4-21)35-13-1-2-24(30(35)38)29(37)34-22-5-8-27(25(32)17-22)40-28-16-20(19-10-14-39-15-11-19)18-36-26(28)9-12-33-36/h1-9,12-13,16-19H,10-11,14-15H2,(H,34,37). The van der Waals surface area contributed by atoms with E-state index in [4.69, 9.17) is 9.47 Å². The summed E-state index contributed by atoms with van der Waals surface area (Å²) in [4.78, 5) is 25.8. The summed E-state index contributed by atoms with van der Waals surface area (Å²) in [7, 11) is 0. The van der Waals surface area contributed by atoms with Gasteiger partial charge in [-0.2, -0.15) is 5.10 Å². The number of aromatic nitrogens is 3. The fourth-order valence-electron chi connectivity index (χ4n) is 4.80. The van der Waals surface area contributed by atoms with Crippen molar-refractivity contribution in [3.8, 4) is 17.2 Å². The summed E-state index contributed by atoms with van der Waals surface area (Å²) in [6.45, 7) is 1.37. The maximum absolute atomic E-state index is 15.2. The lowest BCUT2D eigenvalue weighted by Gasteiger charge is -2.23. The van der Waals surface area contributed by atoms with Gasteiger partial charge < -0.3 is 14.8 Å². The third-order valence-corrected chi connectivity index (χ3v) is 6.89. The van der Waals surface area contributed by atoms with Crippen LogP contribution in [0.2, 0.25) is 0 Å². The highest BCUT2D eigenvalue weighted by Gasteiger charge is 2.20. The molecular weight excluding hydrogens is 518 g/mol. The summed E-state index contributed by atoms with van der Waals surface area (Å²) in [6, 6.07) is 15.9. The van der Waals surface area contributed by atoms with Crippen molar-refractivity contribution in [2.45, 2.75) is 18.8 Å². The van der Waals surface area contributed by atoms with Crippen LogP contribution in [-0.4, -0.2) is 33.3 Å². The molecule has 6 rings (SSSR count). The molecule has 0 aliphatic carbocycles. The van der Waals surface area contributed by atoms with Gasteiger partial charge in [-0.15, -0.1) is 0 Å². The predicted molar refractivity (Wildman–Crippen MR) is 144 cm³/mol. The summed E-state index contributed by atoms with van der Waals surface area (Å²) in [5.41, 5.74) is 1.53. The minimum absolute atomic E-state index is 0.0244. The van der Waals surface area contributed by atoms with Gasteiger partial charge >= 0.3 is 0 Å². The SMILES string of the molecule is O=C(Nc1ccc(Oc2cc(C3CCOCC3)cn3nccc23)c(F)c1)c1cccn(-c2ccc(F)cc2)c1=O. The van der Waals surface area contributed by atoms with Crippen LogP contribution in [0.25, 0.3) is 11.2 Å². The molecule has 0 spiro atoms. The fraction of sp³-hybridized carbons (Fsp3) is 0.167. The minimum atomic E-state index is -0.709. The quantitative estimate of drug-likeness (QED) is 0.297. The van der Waals surface area contributed by atoms with E-state index < -0.39 is 23.1 Å². The van der Waals surface area contributed by atoms with E-state index in [1.165, 1.54) is 59.3 Å². The Bertz CT molecular complexity index is 1760. The van der Waals surface area contributed by atoms with Gasteiger partial charge in [0.1, 0.15) is 16.9 Å². The Labute approximate surface area is 227 Å². The molecule has 10 heteroatoms. The third kappa shape index (κ3) is 5.08. The van der Waals surface area contributed by atoms with Crippen LogP contribution >= 0.6 is 0 Å². The zero-order valence-corrected chi connectivity index (χ0v) is 21.2. The van der Waals surface area contributed by atoms with Crippen molar-refractivity contribution in [3.63, 3.8) is 0 Å². The second-order valence-corrected chi connectivity index (χ2v) is 9.46. The average Bonchev–Trinajstić information content (AvgIpc) is 3.45.